The van der Waals surface area contributed by atoms with Gasteiger partial charge in [0.1, 0.15) is 0 Å². The lowest BCUT2D eigenvalue weighted by Crippen LogP contribution is -2.36. The van der Waals surface area contributed by atoms with Crippen LogP contribution in [0.4, 0.5) is 0 Å². The lowest BCUT2D eigenvalue weighted by molar-refractivity contribution is 0.390. The van der Waals surface area contributed by atoms with Gasteiger partial charge in [-0.15, -0.1) is 0 Å². The Morgan fingerprint density at radius 3 is 2.93 bits per heavy atom. The average Bonchev–Trinajstić information content (AvgIpc) is 2.20. The van der Waals surface area contributed by atoms with Crippen molar-refractivity contribution in [3.05, 3.63) is 28.9 Å². The van der Waals surface area contributed by atoms with E-state index in [1.165, 1.54) is 18.6 Å². The number of hydrogen-bond acceptors (Lipinski definition) is 3. The average molecular weight is 195 g/mol. The van der Waals surface area contributed by atoms with Crippen molar-refractivity contribution in [3.8, 4) is 0 Å². The first-order valence-corrected chi connectivity index (χ1v) is 4.91. The number of nitrogens with zero attached hydrogens (tertiary/aromatic N) is 2. The monoisotopic (exact) mass is 195 g/mol. The van der Waals surface area contributed by atoms with Crippen LogP contribution in [0.1, 0.15) is 20.3 Å². The fraction of sp³-hybridized carbons (Fsp3) is 0.600. The van der Waals surface area contributed by atoms with E-state index in [0.29, 0.717) is 12.5 Å². The molecular formula is C10H17N3O. The Kier molecular flexibility index (Phi) is 3.83. The molecule has 4 nitrogen and oxygen atoms in total. The van der Waals surface area contributed by atoms with Crippen LogP contribution in [-0.4, -0.2) is 15.6 Å². The van der Waals surface area contributed by atoms with Crippen LogP contribution < -0.4 is 11.3 Å². The molecule has 0 spiro atoms. The summed E-state index contributed by atoms with van der Waals surface area (Å²) in [7, 11) is 0. The summed E-state index contributed by atoms with van der Waals surface area (Å²) in [5, 5.41) is 0. The van der Waals surface area contributed by atoms with Crippen LogP contribution >= 0.6 is 0 Å². The highest BCUT2D eigenvalue weighted by Crippen LogP contribution is 2.05. The van der Waals surface area contributed by atoms with Crippen molar-refractivity contribution in [3.63, 3.8) is 0 Å². The highest BCUT2D eigenvalue weighted by Gasteiger charge is 2.11. The van der Waals surface area contributed by atoms with Crippen LogP contribution in [0.25, 0.3) is 0 Å². The fourth-order valence-electron chi connectivity index (χ4n) is 1.23. The number of aromatic nitrogens is 2. The summed E-state index contributed by atoms with van der Waals surface area (Å²) in [5.41, 5.74) is 5.90. The molecule has 0 fully saturated rings. The molecular weight excluding hydrogens is 178 g/mol. The van der Waals surface area contributed by atoms with E-state index in [1.807, 2.05) is 0 Å². The molecule has 14 heavy (non-hydrogen) atoms. The minimum absolute atomic E-state index is 0.0156. The number of nitrogens with two attached hydrogens (primary N) is 1. The molecule has 0 aromatic carbocycles. The SMILES string of the molecule is CCC(C)C(N)Cn1cnccc1=O. The first-order chi connectivity index (χ1) is 6.65. The van der Waals surface area contributed by atoms with E-state index in [9.17, 15) is 4.79 Å². The molecule has 0 aliphatic rings. The first kappa shape index (κ1) is 10.9. The third-order valence-electron chi connectivity index (χ3n) is 2.57. The molecule has 0 saturated heterocycles. The summed E-state index contributed by atoms with van der Waals surface area (Å²) in [4.78, 5) is 15.2. The van der Waals surface area contributed by atoms with Crippen molar-refractivity contribution < 1.29 is 0 Å². The summed E-state index contributed by atoms with van der Waals surface area (Å²) in [6, 6.07) is 1.46. The maximum atomic E-state index is 11.3. The van der Waals surface area contributed by atoms with E-state index < -0.39 is 0 Å². The van der Waals surface area contributed by atoms with Gasteiger partial charge in [-0.3, -0.25) is 9.36 Å². The molecule has 1 heterocycles. The zero-order valence-corrected chi connectivity index (χ0v) is 8.68. The summed E-state index contributed by atoms with van der Waals surface area (Å²) >= 11 is 0. The van der Waals surface area contributed by atoms with Crippen molar-refractivity contribution in [2.45, 2.75) is 32.9 Å². The molecule has 0 saturated carbocycles. The molecule has 1 aromatic heterocycles. The third-order valence-corrected chi connectivity index (χ3v) is 2.57. The predicted molar refractivity (Wildman–Crippen MR) is 55.9 cm³/mol. The van der Waals surface area contributed by atoms with Crippen molar-refractivity contribution in [1.29, 1.82) is 0 Å². The van der Waals surface area contributed by atoms with Gasteiger partial charge in [0.05, 0.1) is 6.33 Å². The van der Waals surface area contributed by atoms with Gasteiger partial charge < -0.3 is 5.73 Å². The van der Waals surface area contributed by atoms with Crippen molar-refractivity contribution in [2.24, 2.45) is 11.7 Å². The Labute approximate surface area is 83.8 Å². The molecule has 2 unspecified atom stereocenters. The predicted octanol–water partition coefficient (Wildman–Crippen LogP) is 0.617. The first-order valence-electron chi connectivity index (χ1n) is 4.91. The Morgan fingerprint density at radius 1 is 1.64 bits per heavy atom. The molecule has 0 bridgehead atoms. The van der Waals surface area contributed by atoms with Crippen LogP contribution in [0.3, 0.4) is 0 Å². The molecule has 2 atom stereocenters. The quantitative estimate of drug-likeness (QED) is 0.766. The van der Waals surface area contributed by atoms with Crippen LogP contribution in [-0.2, 0) is 6.54 Å². The van der Waals surface area contributed by atoms with Gasteiger partial charge in [0.15, 0.2) is 0 Å². The maximum absolute atomic E-state index is 11.3. The fourth-order valence-corrected chi connectivity index (χ4v) is 1.23. The van der Waals surface area contributed by atoms with Gasteiger partial charge in [0.25, 0.3) is 5.56 Å². The molecule has 2 N–H and O–H groups in total. The molecule has 0 amide bonds. The highest BCUT2D eigenvalue weighted by molar-refractivity contribution is 4.83. The Balaban J connectivity index is 2.69. The summed E-state index contributed by atoms with van der Waals surface area (Å²) in [5.74, 6) is 0.419. The van der Waals surface area contributed by atoms with E-state index in [4.69, 9.17) is 5.73 Å². The summed E-state index contributed by atoms with van der Waals surface area (Å²) in [6.07, 6.45) is 4.05. The molecule has 0 aliphatic heterocycles. The Bertz CT molecular complexity index is 334. The lowest BCUT2D eigenvalue weighted by atomic mass is 10.0. The minimum atomic E-state index is -0.0428. The number of hydrogen-bond donors (Lipinski definition) is 1. The van der Waals surface area contributed by atoms with Gasteiger partial charge in [-0.1, -0.05) is 20.3 Å². The molecule has 4 heteroatoms. The lowest BCUT2D eigenvalue weighted by Gasteiger charge is -2.18. The van der Waals surface area contributed by atoms with Gasteiger partial charge >= 0.3 is 0 Å². The van der Waals surface area contributed by atoms with Gasteiger partial charge in [-0.05, 0) is 5.92 Å². The second-order valence-electron chi connectivity index (χ2n) is 3.62. The maximum Gasteiger partial charge on any atom is 0.253 e. The molecule has 0 aliphatic carbocycles. The number of rotatable bonds is 4. The van der Waals surface area contributed by atoms with Gasteiger partial charge in [0.2, 0.25) is 0 Å². The van der Waals surface area contributed by atoms with E-state index in [0.717, 1.165) is 6.42 Å². The van der Waals surface area contributed by atoms with Crippen molar-refractivity contribution in [1.82, 2.24) is 9.55 Å². The minimum Gasteiger partial charge on any atom is -0.326 e. The molecule has 1 rings (SSSR count). The van der Waals surface area contributed by atoms with Crippen LogP contribution in [0, 0.1) is 5.92 Å². The van der Waals surface area contributed by atoms with Crippen LogP contribution in [0.15, 0.2) is 23.4 Å². The van der Waals surface area contributed by atoms with E-state index >= 15 is 0 Å². The van der Waals surface area contributed by atoms with E-state index in [1.54, 1.807) is 4.57 Å². The van der Waals surface area contributed by atoms with E-state index in [-0.39, 0.29) is 11.6 Å². The molecule has 0 radical (unpaired) electrons. The van der Waals surface area contributed by atoms with Gasteiger partial charge in [0, 0.05) is 24.8 Å². The zero-order valence-electron chi connectivity index (χ0n) is 8.68. The summed E-state index contributed by atoms with van der Waals surface area (Å²) in [6.45, 7) is 4.73. The molecule has 1 aromatic rings. The van der Waals surface area contributed by atoms with Gasteiger partial charge in [-0.25, -0.2) is 4.98 Å². The second kappa shape index (κ2) is 4.91. The van der Waals surface area contributed by atoms with Crippen molar-refractivity contribution in [2.75, 3.05) is 0 Å². The second-order valence-corrected chi connectivity index (χ2v) is 3.62. The Morgan fingerprint density at radius 2 is 2.36 bits per heavy atom. The normalized spacial score (nSPS) is 15.1. The molecule has 78 valence electrons. The zero-order chi connectivity index (χ0) is 10.6. The largest absolute Gasteiger partial charge is 0.326 e. The van der Waals surface area contributed by atoms with Crippen LogP contribution in [0.2, 0.25) is 0 Å². The Hall–Kier alpha value is -1.16. The van der Waals surface area contributed by atoms with Crippen molar-refractivity contribution >= 4 is 0 Å². The summed E-state index contributed by atoms with van der Waals surface area (Å²) < 4.78 is 1.55. The van der Waals surface area contributed by atoms with E-state index in [2.05, 4.69) is 18.8 Å². The highest BCUT2D eigenvalue weighted by atomic mass is 16.1. The third kappa shape index (κ3) is 2.67. The van der Waals surface area contributed by atoms with Gasteiger partial charge in [-0.2, -0.15) is 0 Å². The standard InChI is InChI=1S/C10H17N3O/c1-3-8(2)9(11)6-13-7-12-5-4-10(13)14/h4-5,7-9H,3,6,11H2,1-2H3. The topological polar surface area (TPSA) is 60.9 Å². The van der Waals surface area contributed by atoms with Crippen LogP contribution in [0.5, 0.6) is 0 Å². The smallest absolute Gasteiger partial charge is 0.253 e.